The Kier molecular flexibility index (Phi) is 5.01. The van der Waals surface area contributed by atoms with Gasteiger partial charge in [-0.15, -0.1) is 0 Å². The van der Waals surface area contributed by atoms with E-state index < -0.39 is 0 Å². The average Bonchev–Trinajstić information content (AvgIpc) is 2.87. The second-order valence-electron chi connectivity index (χ2n) is 5.84. The lowest BCUT2D eigenvalue weighted by Crippen LogP contribution is -2.41. The highest BCUT2D eigenvalue weighted by Gasteiger charge is 2.35. The van der Waals surface area contributed by atoms with Crippen LogP contribution in [0.2, 0.25) is 0 Å². The topological polar surface area (TPSA) is 66.6 Å². The van der Waals surface area contributed by atoms with Gasteiger partial charge in [0.05, 0.1) is 0 Å². The Bertz CT molecular complexity index is 283. The second-order valence-corrected chi connectivity index (χ2v) is 5.84. The average molecular weight is 254 g/mol. The van der Waals surface area contributed by atoms with E-state index in [9.17, 15) is 4.79 Å². The molecule has 0 aromatic carbocycles. The molecule has 1 aliphatic heterocycles. The molecule has 18 heavy (non-hydrogen) atoms. The first-order valence-corrected chi connectivity index (χ1v) is 7.36. The molecule has 1 aliphatic carbocycles. The summed E-state index contributed by atoms with van der Waals surface area (Å²) in [6.45, 7) is 2.59. The molecule has 2 aliphatic rings. The number of likely N-dealkylation sites (tertiary alicyclic amines) is 1. The number of carbonyl (C=O) groups is 1. The summed E-state index contributed by atoms with van der Waals surface area (Å²) in [5.74, 6) is 1.38. The minimum atomic E-state index is 0.164. The quantitative estimate of drug-likeness (QED) is 0.786. The molecule has 0 aromatic heterocycles. The summed E-state index contributed by atoms with van der Waals surface area (Å²) in [5, 5.41) is 8.96. The van der Waals surface area contributed by atoms with Crippen LogP contribution in [0, 0.1) is 17.8 Å². The largest absolute Gasteiger partial charge is 0.396 e. The molecule has 1 saturated carbocycles. The molecule has 3 N–H and O–H groups in total. The Labute approximate surface area is 110 Å². The maximum atomic E-state index is 12.5. The van der Waals surface area contributed by atoms with Crippen molar-refractivity contribution in [1.82, 2.24) is 4.90 Å². The van der Waals surface area contributed by atoms with E-state index in [-0.39, 0.29) is 12.5 Å². The Morgan fingerprint density at radius 2 is 2.06 bits per heavy atom. The maximum absolute atomic E-state index is 12.5. The van der Waals surface area contributed by atoms with Crippen molar-refractivity contribution in [1.29, 1.82) is 0 Å². The first-order valence-electron chi connectivity index (χ1n) is 7.36. The van der Waals surface area contributed by atoms with E-state index in [2.05, 4.69) is 0 Å². The predicted molar refractivity (Wildman–Crippen MR) is 70.9 cm³/mol. The van der Waals surface area contributed by atoms with Crippen LogP contribution < -0.4 is 5.73 Å². The number of rotatable bonds is 4. The highest BCUT2D eigenvalue weighted by atomic mass is 16.3. The fraction of sp³-hybridized carbons (Fsp3) is 0.929. The lowest BCUT2D eigenvalue weighted by molar-refractivity contribution is -0.137. The summed E-state index contributed by atoms with van der Waals surface area (Å²) >= 11 is 0. The molecule has 0 bridgehead atoms. The standard InChI is InChI=1S/C14H26N2O2/c15-9-12-3-1-2-4-13(12)14(18)16-7-5-11(10-16)6-8-17/h11-13,17H,1-10,15H2. The number of hydrogen-bond donors (Lipinski definition) is 2. The summed E-state index contributed by atoms with van der Waals surface area (Å²) in [6.07, 6.45) is 6.39. The summed E-state index contributed by atoms with van der Waals surface area (Å²) in [6, 6.07) is 0. The van der Waals surface area contributed by atoms with Crippen LogP contribution in [0.15, 0.2) is 0 Å². The van der Waals surface area contributed by atoms with Crippen molar-refractivity contribution in [3.8, 4) is 0 Å². The number of aliphatic hydroxyl groups is 1. The van der Waals surface area contributed by atoms with Crippen LogP contribution in [0.5, 0.6) is 0 Å². The zero-order chi connectivity index (χ0) is 13.0. The van der Waals surface area contributed by atoms with Gasteiger partial charge in [0.25, 0.3) is 0 Å². The van der Waals surface area contributed by atoms with E-state index in [1.807, 2.05) is 4.90 Å². The molecular weight excluding hydrogens is 228 g/mol. The smallest absolute Gasteiger partial charge is 0.226 e. The molecule has 4 nitrogen and oxygen atoms in total. The van der Waals surface area contributed by atoms with Crippen molar-refractivity contribution in [2.45, 2.75) is 38.5 Å². The summed E-state index contributed by atoms with van der Waals surface area (Å²) in [7, 11) is 0. The van der Waals surface area contributed by atoms with Gasteiger partial charge in [0.2, 0.25) is 5.91 Å². The van der Waals surface area contributed by atoms with Gasteiger partial charge >= 0.3 is 0 Å². The van der Waals surface area contributed by atoms with Gasteiger partial charge in [0, 0.05) is 25.6 Å². The van der Waals surface area contributed by atoms with Crippen molar-refractivity contribution < 1.29 is 9.90 Å². The summed E-state index contributed by atoms with van der Waals surface area (Å²) in [4.78, 5) is 14.5. The Morgan fingerprint density at radius 3 is 2.78 bits per heavy atom. The highest BCUT2D eigenvalue weighted by molar-refractivity contribution is 5.79. The molecule has 2 fully saturated rings. The van der Waals surface area contributed by atoms with Gasteiger partial charge in [0.15, 0.2) is 0 Å². The highest BCUT2D eigenvalue weighted by Crippen LogP contribution is 2.32. The van der Waals surface area contributed by atoms with Gasteiger partial charge in [-0.2, -0.15) is 0 Å². The number of amides is 1. The van der Waals surface area contributed by atoms with Crippen LogP contribution in [-0.2, 0) is 4.79 Å². The van der Waals surface area contributed by atoms with Gasteiger partial charge in [-0.1, -0.05) is 12.8 Å². The van der Waals surface area contributed by atoms with Crippen LogP contribution >= 0.6 is 0 Å². The van der Waals surface area contributed by atoms with Crippen LogP contribution in [-0.4, -0.2) is 42.2 Å². The Balaban J connectivity index is 1.90. The van der Waals surface area contributed by atoms with E-state index in [0.29, 0.717) is 24.3 Å². The minimum Gasteiger partial charge on any atom is -0.396 e. The monoisotopic (exact) mass is 254 g/mol. The van der Waals surface area contributed by atoms with Gasteiger partial charge in [0.1, 0.15) is 0 Å². The summed E-state index contributed by atoms with van der Waals surface area (Å²) in [5.41, 5.74) is 5.80. The number of carbonyl (C=O) groups excluding carboxylic acids is 1. The first kappa shape index (κ1) is 13.8. The van der Waals surface area contributed by atoms with Crippen molar-refractivity contribution in [2.75, 3.05) is 26.2 Å². The van der Waals surface area contributed by atoms with Crippen molar-refractivity contribution in [3.05, 3.63) is 0 Å². The number of hydrogen-bond acceptors (Lipinski definition) is 3. The molecule has 1 amide bonds. The fourth-order valence-electron chi connectivity index (χ4n) is 3.50. The molecule has 1 heterocycles. The van der Waals surface area contributed by atoms with Crippen LogP contribution in [0.1, 0.15) is 38.5 Å². The normalized spacial score (nSPS) is 32.8. The third-order valence-electron chi connectivity index (χ3n) is 4.66. The molecule has 3 unspecified atom stereocenters. The molecule has 3 atom stereocenters. The zero-order valence-corrected chi connectivity index (χ0v) is 11.2. The zero-order valence-electron chi connectivity index (χ0n) is 11.2. The van der Waals surface area contributed by atoms with Gasteiger partial charge in [-0.05, 0) is 44.1 Å². The molecule has 4 heteroatoms. The van der Waals surface area contributed by atoms with E-state index in [4.69, 9.17) is 10.8 Å². The molecule has 2 rings (SSSR count). The minimum absolute atomic E-state index is 0.164. The van der Waals surface area contributed by atoms with Crippen LogP contribution in [0.25, 0.3) is 0 Å². The second kappa shape index (κ2) is 6.53. The van der Waals surface area contributed by atoms with Crippen molar-refractivity contribution >= 4 is 5.91 Å². The summed E-state index contributed by atoms with van der Waals surface area (Å²) < 4.78 is 0. The fourth-order valence-corrected chi connectivity index (χ4v) is 3.50. The first-order chi connectivity index (χ1) is 8.76. The van der Waals surface area contributed by atoms with E-state index in [1.165, 1.54) is 12.8 Å². The molecule has 1 saturated heterocycles. The van der Waals surface area contributed by atoms with Crippen molar-refractivity contribution in [2.24, 2.45) is 23.5 Å². The van der Waals surface area contributed by atoms with Crippen LogP contribution in [0.3, 0.4) is 0 Å². The van der Waals surface area contributed by atoms with E-state index in [1.54, 1.807) is 0 Å². The number of nitrogens with two attached hydrogens (primary N) is 1. The molecule has 0 spiro atoms. The lowest BCUT2D eigenvalue weighted by atomic mass is 9.78. The maximum Gasteiger partial charge on any atom is 0.226 e. The SMILES string of the molecule is NCC1CCCCC1C(=O)N1CCC(CCO)C1. The number of nitrogens with zero attached hydrogens (tertiary/aromatic N) is 1. The molecule has 0 aromatic rings. The molecular formula is C14H26N2O2. The third-order valence-corrected chi connectivity index (χ3v) is 4.66. The number of aliphatic hydroxyl groups excluding tert-OH is 1. The predicted octanol–water partition coefficient (Wildman–Crippen LogP) is 0.982. The lowest BCUT2D eigenvalue weighted by Gasteiger charge is -2.32. The van der Waals surface area contributed by atoms with E-state index in [0.717, 1.165) is 38.8 Å². The Morgan fingerprint density at radius 1 is 1.28 bits per heavy atom. The Hall–Kier alpha value is -0.610. The third kappa shape index (κ3) is 3.04. The molecule has 104 valence electrons. The van der Waals surface area contributed by atoms with Crippen LogP contribution in [0.4, 0.5) is 0 Å². The molecule has 0 radical (unpaired) electrons. The van der Waals surface area contributed by atoms with Crippen molar-refractivity contribution in [3.63, 3.8) is 0 Å². The van der Waals surface area contributed by atoms with Gasteiger partial charge < -0.3 is 15.7 Å². The van der Waals surface area contributed by atoms with Gasteiger partial charge in [-0.25, -0.2) is 0 Å². The van der Waals surface area contributed by atoms with Gasteiger partial charge in [-0.3, -0.25) is 4.79 Å². The van der Waals surface area contributed by atoms with E-state index >= 15 is 0 Å².